The molecule has 0 radical (unpaired) electrons. The number of nitrogens with two attached hydrogens (primary N) is 1. The highest BCUT2D eigenvalue weighted by molar-refractivity contribution is 5.99. The molecule has 0 saturated carbocycles. The number of hydrogen-bond acceptors (Lipinski definition) is 5. The number of hydrogen-bond donors (Lipinski definition) is 2. The Morgan fingerprint density at radius 3 is 2.76 bits per heavy atom. The van der Waals surface area contributed by atoms with Gasteiger partial charge < -0.3 is 20.5 Å². The van der Waals surface area contributed by atoms with E-state index in [1.54, 1.807) is 19.2 Å². The lowest BCUT2D eigenvalue weighted by molar-refractivity contribution is 0.0960. The molecule has 2 aromatic carbocycles. The van der Waals surface area contributed by atoms with Crippen LogP contribution >= 0.6 is 0 Å². The second-order valence-corrected chi connectivity index (χ2v) is 5.75. The van der Waals surface area contributed by atoms with Crippen LogP contribution in [0.4, 0.5) is 0 Å². The summed E-state index contributed by atoms with van der Waals surface area (Å²) in [5, 5.41) is 2.58. The van der Waals surface area contributed by atoms with Crippen LogP contribution < -0.4 is 20.5 Å². The molecule has 3 N–H and O–H groups in total. The zero-order chi connectivity index (χ0) is 17.8. The molecule has 1 amide bonds. The average molecular weight is 340 g/mol. The molecule has 0 fully saturated rings. The first-order valence-corrected chi connectivity index (χ1v) is 8.08. The van der Waals surface area contributed by atoms with Gasteiger partial charge in [-0.05, 0) is 29.8 Å². The molecule has 2 aromatic rings. The van der Waals surface area contributed by atoms with Gasteiger partial charge in [0.25, 0.3) is 5.91 Å². The van der Waals surface area contributed by atoms with Gasteiger partial charge in [0, 0.05) is 30.6 Å². The molecule has 1 unspecified atom stereocenters. The maximum Gasteiger partial charge on any atom is 0.254 e. The molecule has 0 saturated heterocycles. The summed E-state index contributed by atoms with van der Waals surface area (Å²) in [7, 11) is 1.55. The van der Waals surface area contributed by atoms with Crippen molar-refractivity contribution >= 4 is 12.2 Å². The van der Waals surface area contributed by atoms with Crippen molar-refractivity contribution in [2.45, 2.75) is 5.92 Å². The van der Waals surface area contributed by atoms with Gasteiger partial charge >= 0.3 is 0 Å². The summed E-state index contributed by atoms with van der Waals surface area (Å²) >= 11 is 0. The Labute approximate surface area is 145 Å². The molecular formula is C19H20N2O4. The summed E-state index contributed by atoms with van der Waals surface area (Å²) in [6, 6.07) is 11.0. The lowest BCUT2D eigenvalue weighted by Gasteiger charge is -2.12. The van der Waals surface area contributed by atoms with Crippen molar-refractivity contribution in [1.82, 2.24) is 5.32 Å². The van der Waals surface area contributed by atoms with E-state index in [1.165, 1.54) is 0 Å². The van der Waals surface area contributed by atoms with Crippen LogP contribution in [0, 0.1) is 0 Å². The number of benzene rings is 2. The van der Waals surface area contributed by atoms with Gasteiger partial charge in [-0.25, -0.2) is 0 Å². The first-order chi connectivity index (χ1) is 12.2. The predicted molar refractivity (Wildman–Crippen MR) is 93.5 cm³/mol. The van der Waals surface area contributed by atoms with Crippen LogP contribution in [0.25, 0.3) is 0 Å². The van der Waals surface area contributed by atoms with E-state index in [4.69, 9.17) is 15.2 Å². The monoisotopic (exact) mass is 340 g/mol. The third-order valence-electron chi connectivity index (χ3n) is 4.19. The highest BCUT2D eigenvalue weighted by Gasteiger charge is 2.30. The SMILES string of the molecule is CNC(=O)c1cc(C=O)cc2c1OCC2c1ccc(OCCN)cc1. The van der Waals surface area contributed by atoms with E-state index < -0.39 is 0 Å². The van der Waals surface area contributed by atoms with E-state index in [0.29, 0.717) is 36.6 Å². The van der Waals surface area contributed by atoms with E-state index in [9.17, 15) is 9.59 Å². The van der Waals surface area contributed by atoms with Crippen LogP contribution in [-0.4, -0.2) is 39.0 Å². The van der Waals surface area contributed by atoms with Gasteiger partial charge in [-0.2, -0.15) is 0 Å². The molecule has 1 atom stereocenters. The van der Waals surface area contributed by atoms with Crippen LogP contribution in [0.2, 0.25) is 0 Å². The fourth-order valence-corrected chi connectivity index (χ4v) is 2.97. The van der Waals surface area contributed by atoms with E-state index in [1.807, 2.05) is 24.3 Å². The Morgan fingerprint density at radius 1 is 1.36 bits per heavy atom. The molecule has 0 spiro atoms. The van der Waals surface area contributed by atoms with Gasteiger partial charge in [0.1, 0.15) is 24.4 Å². The molecular weight excluding hydrogens is 320 g/mol. The molecule has 0 aliphatic carbocycles. The van der Waals surface area contributed by atoms with Crippen molar-refractivity contribution in [3.05, 3.63) is 58.7 Å². The van der Waals surface area contributed by atoms with E-state index in [-0.39, 0.29) is 11.8 Å². The zero-order valence-electron chi connectivity index (χ0n) is 14.0. The fraction of sp³-hybridized carbons (Fsp3) is 0.263. The number of fused-ring (bicyclic) bond motifs is 1. The van der Waals surface area contributed by atoms with Crippen molar-refractivity contribution in [2.24, 2.45) is 5.73 Å². The summed E-state index contributed by atoms with van der Waals surface area (Å²) in [6.07, 6.45) is 0.742. The molecule has 0 aromatic heterocycles. The highest BCUT2D eigenvalue weighted by Crippen LogP contribution is 2.41. The Hall–Kier alpha value is -2.86. The lowest BCUT2D eigenvalue weighted by atomic mass is 9.90. The quantitative estimate of drug-likeness (QED) is 0.782. The number of rotatable bonds is 6. The number of aldehydes is 1. The topological polar surface area (TPSA) is 90.7 Å². The average Bonchev–Trinajstić information content (AvgIpc) is 3.09. The number of carbonyl (C=O) groups is 2. The third-order valence-corrected chi connectivity index (χ3v) is 4.19. The summed E-state index contributed by atoms with van der Waals surface area (Å²) in [5.74, 6) is 0.979. The molecule has 6 nitrogen and oxygen atoms in total. The summed E-state index contributed by atoms with van der Waals surface area (Å²) in [5.41, 5.74) is 8.15. The minimum atomic E-state index is -0.272. The van der Waals surface area contributed by atoms with Gasteiger partial charge in [0.2, 0.25) is 0 Å². The van der Waals surface area contributed by atoms with Crippen LogP contribution in [0.15, 0.2) is 36.4 Å². The lowest BCUT2D eigenvalue weighted by Crippen LogP contribution is -2.18. The Morgan fingerprint density at radius 2 is 2.12 bits per heavy atom. The van der Waals surface area contributed by atoms with Gasteiger partial charge in [-0.15, -0.1) is 0 Å². The maximum absolute atomic E-state index is 12.1. The predicted octanol–water partition coefficient (Wildman–Crippen LogP) is 1.72. The first-order valence-electron chi connectivity index (χ1n) is 8.08. The normalized spacial score (nSPS) is 15.2. The second kappa shape index (κ2) is 7.36. The Bertz CT molecular complexity index is 787. The van der Waals surface area contributed by atoms with E-state index >= 15 is 0 Å². The summed E-state index contributed by atoms with van der Waals surface area (Å²) < 4.78 is 11.3. The van der Waals surface area contributed by atoms with Crippen molar-refractivity contribution < 1.29 is 19.1 Å². The van der Waals surface area contributed by atoms with Crippen LogP contribution in [0.1, 0.15) is 37.8 Å². The second-order valence-electron chi connectivity index (χ2n) is 5.75. The Kier molecular flexibility index (Phi) is 5.00. The maximum atomic E-state index is 12.1. The minimum Gasteiger partial charge on any atom is -0.492 e. The van der Waals surface area contributed by atoms with E-state index in [2.05, 4.69) is 5.32 Å². The number of ether oxygens (including phenoxy) is 2. The number of carbonyl (C=O) groups excluding carboxylic acids is 2. The van der Waals surface area contributed by atoms with Gasteiger partial charge in [0.15, 0.2) is 0 Å². The molecule has 0 bridgehead atoms. The van der Waals surface area contributed by atoms with Crippen molar-refractivity contribution in [2.75, 3.05) is 26.8 Å². The van der Waals surface area contributed by atoms with Gasteiger partial charge in [0.05, 0.1) is 12.2 Å². The van der Waals surface area contributed by atoms with Crippen LogP contribution in [-0.2, 0) is 0 Å². The molecule has 1 heterocycles. The van der Waals surface area contributed by atoms with Crippen molar-refractivity contribution in [3.8, 4) is 11.5 Å². The van der Waals surface area contributed by atoms with Gasteiger partial charge in [-0.1, -0.05) is 12.1 Å². The fourth-order valence-electron chi connectivity index (χ4n) is 2.97. The number of nitrogens with one attached hydrogen (secondary N) is 1. The van der Waals surface area contributed by atoms with Crippen LogP contribution in [0.3, 0.4) is 0 Å². The summed E-state index contributed by atoms with van der Waals surface area (Å²) in [6.45, 7) is 1.35. The first kappa shape index (κ1) is 17.0. The zero-order valence-corrected chi connectivity index (χ0v) is 14.0. The van der Waals surface area contributed by atoms with Crippen LogP contribution in [0.5, 0.6) is 11.5 Å². The van der Waals surface area contributed by atoms with Crippen molar-refractivity contribution in [3.63, 3.8) is 0 Å². The Balaban J connectivity index is 1.95. The third kappa shape index (κ3) is 3.34. The molecule has 25 heavy (non-hydrogen) atoms. The standard InChI is InChI=1S/C19H20N2O4/c1-21-19(23)16-9-12(10-22)8-15-17(11-25-18(15)16)13-2-4-14(5-3-13)24-7-6-20/h2-5,8-10,17H,6-7,11,20H2,1H3,(H,21,23). The van der Waals surface area contributed by atoms with Gasteiger partial charge in [-0.3, -0.25) is 9.59 Å². The van der Waals surface area contributed by atoms with Crippen molar-refractivity contribution in [1.29, 1.82) is 0 Å². The highest BCUT2D eigenvalue weighted by atomic mass is 16.5. The molecule has 3 rings (SSSR count). The minimum absolute atomic E-state index is 0.0399. The molecule has 130 valence electrons. The molecule has 1 aliphatic heterocycles. The number of amides is 1. The molecule has 6 heteroatoms. The largest absolute Gasteiger partial charge is 0.492 e. The van der Waals surface area contributed by atoms with E-state index in [0.717, 1.165) is 23.2 Å². The molecule has 1 aliphatic rings. The smallest absolute Gasteiger partial charge is 0.254 e. The summed E-state index contributed by atoms with van der Waals surface area (Å²) in [4.78, 5) is 23.4.